The first kappa shape index (κ1) is 15.0. The van der Waals surface area contributed by atoms with Gasteiger partial charge in [0, 0.05) is 11.2 Å². The van der Waals surface area contributed by atoms with Crippen molar-refractivity contribution in [3.8, 4) is 5.75 Å². The molecule has 8 heteroatoms. The highest BCUT2D eigenvalue weighted by Gasteiger charge is 2.27. The number of hydrogen-bond acceptors (Lipinski definition) is 6. The number of benzene rings is 1. The molecule has 6 nitrogen and oxygen atoms in total. The van der Waals surface area contributed by atoms with Crippen LogP contribution in [0.25, 0.3) is 0 Å². The normalized spacial score (nSPS) is 13.7. The molecule has 0 bridgehead atoms. The lowest BCUT2D eigenvalue weighted by molar-refractivity contribution is -0.136. The fourth-order valence-corrected chi connectivity index (χ4v) is 2.18. The number of para-hydroxylation sites is 1. The highest BCUT2D eigenvalue weighted by molar-refractivity contribution is 7.82. The Morgan fingerprint density at radius 1 is 1.39 bits per heavy atom. The van der Waals surface area contributed by atoms with E-state index in [1.54, 1.807) is 37.3 Å². The maximum absolute atomic E-state index is 11.7. The third kappa shape index (κ3) is 6.02. The molecule has 0 aromatic heterocycles. The molecule has 0 fully saturated rings. The first-order valence-corrected chi connectivity index (χ1v) is 7.59. The lowest BCUT2D eigenvalue weighted by atomic mass is 10.3. The van der Waals surface area contributed by atoms with Crippen molar-refractivity contribution in [2.24, 2.45) is 0 Å². The minimum Gasteiger partial charge on any atom is -0.405 e. The largest absolute Gasteiger partial charge is 0.532 e. The fraction of sp³-hybridized carbons (Fsp3) is 0.300. The first-order valence-electron chi connectivity index (χ1n) is 5.15. The molecule has 1 atom stereocenters. The number of carbonyl (C=O) groups excluding carboxylic acids is 1. The Morgan fingerprint density at radius 3 is 2.67 bits per heavy atom. The van der Waals surface area contributed by atoms with Crippen molar-refractivity contribution < 1.29 is 23.2 Å². The van der Waals surface area contributed by atoms with Gasteiger partial charge in [-0.25, -0.2) is 4.57 Å². The summed E-state index contributed by atoms with van der Waals surface area (Å²) in [4.78, 5) is 15.9. The Bertz CT molecular complexity index is 428. The zero-order valence-electron chi connectivity index (χ0n) is 9.67. The lowest BCUT2D eigenvalue weighted by Crippen LogP contribution is -2.24. The van der Waals surface area contributed by atoms with E-state index >= 15 is 0 Å². The molecule has 0 saturated carbocycles. The van der Waals surface area contributed by atoms with Crippen molar-refractivity contribution >= 4 is 24.2 Å². The van der Waals surface area contributed by atoms with Gasteiger partial charge in [-0.1, -0.05) is 18.2 Å². The van der Waals surface area contributed by atoms with Crippen molar-refractivity contribution in [1.29, 1.82) is 0 Å². The van der Waals surface area contributed by atoms with Gasteiger partial charge in [0.05, 0.1) is 6.61 Å². The molecular formula is C10H13ClNO5P. The zero-order valence-corrected chi connectivity index (χ0v) is 11.3. The second-order valence-corrected chi connectivity index (χ2v) is 5.52. The van der Waals surface area contributed by atoms with Crippen LogP contribution in [0, 0.1) is 0 Å². The predicted molar refractivity (Wildman–Crippen MR) is 66.3 cm³/mol. The summed E-state index contributed by atoms with van der Waals surface area (Å²) in [6, 6.07) is 8.18. The molecule has 0 aliphatic rings. The van der Waals surface area contributed by atoms with Crippen molar-refractivity contribution in [1.82, 2.24) is 5.48 Å². The Labute approximate surface area is 109 Å². The third-order valence-electron chi connectivity index (χ3n) is 1.63. The summed E-state index contributed by atoms with van der Waals surface area (Å²) in [5.41, 5.74) is 2.31. The summed E-state index contributed by atoms with van der Waals surface area (Å²) in [6.07, 6.45) is 0. The van der Waals surface area contributed by atoms with Crippen LogP contribution in [0.3, 0.4) is 0 Å². The van der Waals surface area contributed by atoms with Gasteiger partial charge in [-0.3, -0.25) is 4.79 Å². The SMILES string of the molecule is CCONCC(=O)OP(=O)(Cl)Oc1ccccc1. The van der Waals surface area contributed by atoms with Gasteiger partial charge < -0.3 is 13.9 Å². The Hall–Kier alpha value is -1.07. The number of hydrogen-bond donors (Lipinski definition) is 1. The number of halogens is 1. The summed E-state index contributed by atoms with van der Waals surface area (Å²) in [6.45, 7) is -2.15. The number of carbonyl (C=O) groups is 1. The van der Waals surface area contributed by atoms with E-state index in [2.05, 4.69) is 10.0 Å². The van der Waals surface area contributed by atoms with Gasteiger partial charge in [0.25, 0.3) is 0 Å². The van der Waals surface area contributed by atoms with Crippen LogP contribution in [-0.4, -0.2) is 19.1 Å². The minimum absolute atomic E-state index is 0.251. The summed E-state index contributed by atoms with van der Waals surface area (Å²) in [5.74, 6) is -0.584. The van der Waals surface area contributed by atoms with Crippen LogP contribution in [-0.2, 0) is 18.7 Å². The maximum Gasteiger partial charge on any atom is 0.532 e. The van der Waals surface area contributed by atoms with E-state index in [0.29, 0.717) is 6.61 Å². The van der Waals surface area contributed by atoms with Gasteiger partial charge in [0.1, 0.15) is 12.3 Å². The number of nitrogens with one attached hydrogen (secondary N) is 1. The molecular weight excluding hydrogens is 281 g/mol. The highest BCUT2D eigenvalue weighted by Crippen LogP contribution is 2.53. The molecule has 0 saturated heterocycles. The van der Waals surface area contributed by atoms with Crippen LogP contribution in [0.2, 0.25) is 0 Å². The minimum atomic E-state index is -3.99. The molecule has 1 unspecified atom stereocenters. The van der Waals surface area contributed by atoms with E-state index in [1.165, 1.54) is 0 Å². The van der Waals surface area contributed by atoms with E-state index in [4.69, 9.17) is 20.6 Å². The van der Waals surface area contributed by atoms with Gasteiger partial charge >= 0.3 is 12.9 Å². The maximum atomic E-state index is 11.7. The average Bonchev–Trinajstić information content (AvgIpc) is 2.29. The monoisotopic (exact) mass is 293 g/mol. The Morgan fingerprint density at radius 2 is 2.06 bits per heavy atom. The molecule has 1 N–H and O–H groups in total. The summed E-state index contributed by atoms with van der Waals surface area (Å²) >= 11 is 5.50. The molecule has 0 spiro atoms. The highest BCUT2D eigenvalue weighted by atomic mass is 35.7. The van der Waals surface area contributed by atoms with E-state index in [1.807, 2.05) is 0 Å². The standard InChI is InChI=1S/C10H13ClNO5P/c1-2-15-12-8-10(13)17-18(11,14)16-9-6-4-3-5-7-9/h3-7,12H,2,8H2,1H3. The summed E-state index contributed by atoms with van der Waals surface area (Å²) in [7, 11) is 0. The smallest absolute Gasteiger partial charge is 0.405 e. The van der Waals surface area contributed by atoms with Crippen LogP contribution in [0.1, 0.15) is 6.92 Å². The van der Waals surface area contributed by atoms with Crippen LogP contribution in [0.5, 0.6) is 5.75 Å². The molecule has 100 valence electrons. The molecule has 0 heterocycles. The van der Waals surface area contributed by atoms with Gasteiger partial charge in [0.2, 0.25) is 0 Å². The fourth-order valence-electron chi connectivity index (χ4n) is 0.992. The molecule has 0 aliphatic heterocycles. The number of hydroxylamine groups is 1. The Kier molecular flexibility index (Phi) is 6.15. The molecule has 0 amide bonds. The van der Waals surface area contributed by atoms with E-state index in [0.717, 1.165) is 0 Å². The molecule has 1 aromatic carbocycles. The molecule has 18 heavy (non-hydrogen) atoms. The van der Waals surface area contributed by atoms with E-state index in [-0.39, 0.29) is 12.3 Å². The lowest BCUT2D eigenvalue weighted by Gasteiger charge is -2.12. The zero-order chi connectivity index (χ0) is 13.4. The second-order valence-electron chi connectivity index (χ2n) is 3.05. The van der Waals surface area contributed by atoms with Crippen LogP contribution in [0.4, 0.5) is 0 Å². The van der Waals surface area contributed by atoms with Crippen molar-refractivity contribution in [3.63, 3.8) is 0 Å². The van der Waals surface area contributed by atoms with E-state index in [9.17, 15) is 9.36 Å². The molecule has 0 radical (unpaired) electrons. The quantitative estimate of drug-likeness (QED) is 0.473. The molecule has 0 aliphatic carbocycles. The van der Waals surface area contributed by atoms with Crippen molar-refractivity contribution in [3.05, 3.63) is 30.3 Å². The predicted octanol–water partition coefficient (Wildman–Crippen LogP) is 2.50. The molecule has 1 aromatic rings. The Balaban J connectivity index is 2.44. The van der Waals surface area contributed by atoms with Crippen LogP contribution >= 0.6 is 18.2 Å². The third-order valence-corrected chi connectivity index (χ3v) is 2.90. The first-order chi connectivity index (χ1) is 8.53. The summed E-state index contributed by atoms with van der Waals surface area (Å²) < 4.78 is 21.1. The van der Waals surface area contributed by atoms with Crippen molar-refractivity contribution in [2.75, 3.05) is 13.2 Å². The van der Waals surface area contributed by atoms with Crippen LogP contribution in [0.15, 0.2) is 30.3 Å². The average molecular weight is 294 g/mol. The topological polar surface area (TPSA) is 73.9 Å². The van der Waals surface area contributed by atoms with Gasteiger partial charge in [-0.15, -0.1) is 0 Å². The van der Waals surface area contributed by atoms with Crippen molar-refractivity contribution in [2.45, 2.75) is 6.92 Å². The van der Waals surface area contributed by atoms with Gasteiger partial charge in [-0.05, 0) is 19.1 Å². The van der Waals surface area contributed by atoms with E-state index < -0.39 is 12.9 Å². The summed E-state index contributed by atoms with van der Waals surface area (Å²) in [5, 5.41) is 0. The van der Waals surface area contributed by atoms with Gasteiger partial charge in [0.15, 0.2) is 0 Å². The second kappa shape index (κ2) is 7.38. The molecule has 1 rings (SSSR count). The van der Waals surface area contributed by atoms with Crippen LogP contribution < -0.4 is 10.0 Å². The van der Waals surface area contributed by atoms with Gasteiger partial charge in [-0.2, -0.15) is 5.48 Å². The number of rotatable bonds is 7.